The van der Waals surface area contributed by atoms with Crippen LogP contribution in [0.3, 0.4) is 0 Å². The molecule has 3 aromatic rings. The van der Waals surface area contributed by atoms with E-state index in [2.05, 4.69) is 10.6 Å². The summed E-state index contributed by atoms with van der Waals surface area (Å²) in [4.78, 5) is 53.7. The van der Waals surface area contributed by atoms with Crippen molar-refractivity contribution in [3.63, 3.8) is 0 Å². The fraction of sp³-hybridized carbons (Fsp3) is 0.250. The van der Waals surface area contributed by atoms with Gasteiger partial charge in [-0.1, -0.05) is 12.1 Å². The first-order valence-corrected chi connectivity index (χ1v) is 11.5. The average molecular weight is 464 g/mol. The standard InChI is InChI=1S/C24H21N3O5S/c1-13(27-23(30)15-7-2-3-8-16(15)24(27)31)20(28)26-22-19(17-9-4-10-18(17)33-22)21(29)25-12-14-6-5-11-32-14/h2-3,5-8,11,13H,4,9-10,12H2,1H3,(H,25,29)(H,26,28). The lowest BCUT2D eigenvalue weighted by Crippen LogP contribution is -2.45. The zero-order valence-electron chi connectivity index (χ0n) is 17.8. The van der Waals surface area contributed by atoms with E-state index < -0.39 is 23.8 Å². The minimum atomic E-state index is -1.03. The lowest BCUT2D eigenvalue weighted by atomic mass is 10.1. The fourth-order valence-corrected chi connectivity index (χ4v) is 5.58. The second kappa shape index (κ2) is 8.32. The third-order valence-electron chi connectivity index (χ3n) is 5.98. The second-order valence-electron chi connectivity index (χ2n) is 8.01. The number of carbonyl (C=O) groups excluding carboxylic acids is 4. The molecule has 2 N–H and O–H groups in total. The minimum absolute atomic E-state index is 0.231. The van der Waals surface area contributed by atoms with Gasteiger partial charge in [0.2, 0.25) is 5.91 Å². The summed E-state index contributed by atoms with van der Waals surface area (Å²) in [5, 5.41) is 6.09. The van der Waals surface area contributed by atoms with E-state index in [0.29, 0.717) is 16.3 Å². The Morgan fingerprint density at radius 2 is 1.82 bits per heavy atom. The maximum absolute atomic E-state index is 13.1. The number of anilines is 1. The van der Waals surface area contributed by atoms with E-state index in [1.165, 1.54) is 24.5 Å². The molecule has 0 spiro atoms. The summed E-state index contributed by atoms with van der Waals surface area (Å²) in [7, 11) is 0. The molecule has 0 bridgehead atoms. The second-order valence-corrected chi connectivity index (χ2v) is 9.12. The molecule has 3 heterocycles. The highest BCUT2D eigenvalue weighted by Gasteiger charge is 2.41. The van der Waals surface area contributed by atoms with Crippen LogP contribution in [0.25, 0.3) is 0 Å². The number of imide groups is 1. The monoisotopic (exact) mass is 463 g/mol. The van der Waals surface area contributed by atoms with Gasteiger partial charge in [0, 0.05) is 4.88 Å². The predicted molar refractivity (Wildman–Crippen MR) is 121 cm³/mol. The number of fused-ring (bicyclic) bond motifs is 2. The molecular weight excluding hydrogens is 442 g/mol. The molecule has 33 heavy (non-hydrogen) atoms. The first-order chi connectivity index (χ1) is 16.0. The Balaban J connectivity index is 1.36. The van der Waals surface area contributed by atoms with Crippen LogP contribution in [0.2, 0.25) is 0 Å². The Hall–Kier alpha value is -3.72. The van der Waals surface area contributed by atoms with Gasteiger partial charge >= 0.3 is 0 Å². The molecule has 0 saturated heterocycles. The number of amides is 4. The van der Waals surface area contributed by atoms with Gasteiger partial charge in [-0.25, -0.2) is 0 Å². The molecular formula is C24H21N3O5S. The van der Waals surface area contributed by atoms with E-state index in [-0.39, 0.29) is 23.6 Å². The number of aryl methyl sites for hydroxylation is 1. The van der Waals surface area contributed by atoms with Crippen molar-refractivity contribution >= 4 is 40.0 Å². The molecule has 1 aliphatic carbocycles. The number of nitrogens with zero attached hydrogens (tertiary/aromatic N) is 1. The number of furan rings is 1. The van der Waals surface area contributed by atoms with Crippen molar-refractivity contribution in [1.82, 2.24) is 10.2 Å². The molecule has 5 rings (SSSR count). The Morgan fingerprint density at radius 3 is 2.48 bits per heavy atom. The van der Waals surface area contributed by atoms with Crippen molar-refractivity contribution in [3.05, 3.63) is 75.6 Å². The van der Waals surface area contributed by atoms with E-state index in [9.17, 15) is 19.2 Å². The van der Waals surface area contributed by atoms with Gasteiger partial charge in [0.15, 0.2) is 0 Å². The van der Waals surface area contributed by atoms with E-state index in [0.717, 1.165) is 34.6 Å². The SMILES string of the molecule is CC(C(=O)Nc1sc2c(c1C(=O)NCc1ccco1)CCC2)N1C(=O)c2ccccc2C1=O. The average Bonchev–Trinajstić information content (AvgIpc) is 3.58. The minimum Gasteiger partial charge on any atom is -0.467 e. The molecule has 1 aliphatic heterocycles. The molecule has 0 saturated carbocycles. The van der Waals surface area contributed by atoms with Crippen molar-refractivity contribution in [1.29, 1.82) is 0 Å². The number of carbonyl (C=O) groups is 4. The molecule has 0 radical (unpaired) electrons. The van der Waals surface area contributed by atoms with Crippen LogP contribution in [0.5, 0.6) is 0 Å². The normalized spacial score (nSPS) is 15.4. The van der Waals surface area contributed by atoms with Gasteiger partial charge in [0.25, 0.3) is 17.7 Å². The summed E-state index contributed by atoms with van der Waals surface area (Å²) in [5.74, 6) is -1.19. The van der Waals surface area contributed by atoms with Gasteiger partial charge in [-0.15, -0.1) is 11.3 Å². The van der Waals surface area contributed by atoms with Crippen LogP contribution in [-0.4, -0.2) is 34.6 Å². The highest BCUT2D eigenvalue weighted by molar-refractivity contribution is 7.17. The number of thiophene rings is 1. The molecule has 9 heteroatoms. The molecule has 168 valence electrons. The smallest absolute Gasteiger partial charge is 0.262 e. The number of hydrogen-bond donors (Lipinski definition) is 2. The largest absolute Gasteiger partial charge is 0.467 e. The summed E-state index contributed by atoms with van der Waals surface area (Å²) in [5.41, 5.74) is 1.97. The van der Waals surface area contributed by atoms with E-state index in [4.69, 9.17) is 4.42 Å². The van der Waals surface area contributed by atoms with Gasteiger partial charge in [0.1, 0.15) is 16.8 Å². The maximum Gasteiger partial charge on any atom is 0.262 e. The lowest BCUT2D eigenvalue weighted by molar-refractivity contribution is -0.119. The first kappa shape index (κ1) is 21.1. The van der Waals surface area contributed by atoms with Gasteiger partial charge in [-0.05, 0) is 56.0 Å². The van der Waals surface area contributed by atoms with E-state index >= 15 is 0 Å². The van der Waals surface area contributed by atoms with Crippen molar-refractivity contribution in [2.45, 2.75) is 38.8 Å². The van der Waals surface area contributed by atoms with E-state index in [1.54, 1.807) is 36.4 Å². The summed E-state index contributed by atoms with van der Waals surface area (Å²) in [6.45, 7) is 1.74. The van der Waals surface area contributed by atoms with Gasteiger partial charge in [-0.2, -0.15) is 0 Å². The lowest BCUT2D eigenvalue weighted by Gasteiger charge is -2.21. The van der Waals surface area contributed by atoms with Crippen molar-refractivity contribution < 1.29 is 23.6 Å². The quantitative estimate of drug-likeness (QED) is 0.545. The van der Waals surface area contributed by atoms with Crippen LogP contribution in [0.15, 0.2) is 47.1 Å². The van der Waals surface area contributed by atoms with Gasteiger partial charge in [0.05, 0.1) is 29.5 Å². The molecule has 2 aromatic heterocycles. The third-order valence-corrected chi connectivity index (χ3v) is 7.19. The van der Waals surface area contributed by atoms with Crippen molar-refractivity contribution in [3.8, 4) is 0 Å². The summed E-state index contributed by atoms with van der Waals surface area (Å²) in [6.07, 6.45) is 4.11. The summed E-state index contributed by atoms with van der Waals surface area (Å²) < 4.78 is 5.27. The van der Waals surface area contributed by atoms with Crippen molar-refractivity contribution in [2.24, 2.45) is 0 Å². The number of hydrogen-bond acceptors (Lipinski definition) is 6. The van der Waals surface area contributed by atoms with Gasteiger partial charge in [-0.3, -0.25) is 24.1 Å². The maximum atomic E-state index is 13.1. The Labute approximate surface area is 193 Å². The summed E-state index contributed by atoms with van der Waals surface area (Å²) in [6, 6.07) is 8.99. The molecule has 1 aromatic carbocycles. The fourth-order valence-electron chi connectivity index (χ4n) is 4.29. The summed E-state index contributed by atoms with van der Waals surface area (Å²) >= 11 is 1.37. The molecule has 1 unspecified atom stereocenters. The molecule has 1 atom stereocenters. The van der Waals surface area contributed by atoms with E-state index in [1.807, 2.05) is 0 Å². The van der Waals surface area contributed by atoms with Crippen molar-refractivity contribution in [2.75, 3.05) is 5.32 Å². The Morgan fingerprint density at radius 1 is 1.09 bits per heavy atom. The van der Waals surface area contributed by atoms with Crippen LogP contribution >= 0.6 is 11.3 Å². The number of nitrogens with one attached hydrogen (secondary N) is 2. The van der Waals surface area contributed by atoms with Gasteiger partial charge < -0.3 is 15.1 Å². The Bertz CT molecular complexity index is 1240. The zero-order chi connectivity index (χ0) is 23.1. The van der Waals surface area contributed by atoms with Crippen LogP contribution in [-0.2, 0) is 24.2 Å². The molecule has 2 aliphatic rings. The number of rotatable bonds is 6. The van der Waals surface area contributed by atoms with Crippen LogP contribution < -0.4 is 10.6 Å². The highest BCUT2D eigenvalue weighted by atomic mass is 32.1. The Kier molecular flexibility index (Phi) is 5.33. The predicted octanol–water partition coefficient (Wildman–Crippen LogP) is 3.38. The topological polar surface area (TPSA) is 109 Å². The van der Waals surface area contributed by atoms with Crippen LogP contribution in [0.4, 0.5) is 5.00 Å². The molecule has 0 fully saturated rings. The van der Waals surface area contributed by atoms with Crippen LogP contribution in [0, 0.1) is 0 Å². The first-order valence-electron chi connectivity index (χ1n) is 10.7. The zero-order valence-corrected chi connectivity index (χ0v) is 18.7. The highest BCUT2D eigenvalue weighted by Crippen LogP contribution is 2.39. The molecule has 4 amide bonds. The third kappa shape index (κ3) is 3.64. The van der Waals surface area contributed by atoms with Crippen LogP contribution in [0.1, 0.15) is 60.6 Å². The number of benzene rings is 1. The molecule has 8 nitrogen and oxygen atoms in total.